The molecule has 0 unspecified atom stereocenters. The van der Waals surface area contributed by atoms with Gasteiger partial charge < -0.3 is 4.98 Å². The van der Waals surface area contributed by atoms with Gasteiger partial charge in [0.05, 0.1) is 28.4 Å². The second-order valence-corrected chi connectivity index (χ2v) is 6.96. The topological polar surface area (TPSA) is 96.0 Å². The zero-order valence-electron chi connectivity index (χ0n) is 15.7. The molecule has 2 N–H and O–H groups in total. The molecule has 30 heavy (non-hydrogen) atoms. The van der Waals surface area contributed by atoms with Gasteiger partial charge in [0.2, 0.25) is 0 Å². The molecule has 0 aliphatic rings. The minimum Gasteiger partial charge on any atom is -0.337 e. The van der Waals surface area contributed by atoms with E-state index in [4.69, 9.17) is 4.98 Å². The van der Waals surface area contributed by atoms with Crippen LogP contribution in [0.4, 0.5) is 0 Å². The molecule has 0 atom stereocenters. The fourth-order valence-electron chi connectivity index (χ4n) is 3.67. The van der Waals surface area contributed by atoms with Gasteiger partial charge in [-0.3, -0.25) is 20.1 Å². The van der Waals surface area contributed by atoms with Crippen molar-refractivity contribution in [2.45, 2.75) is 0 Å². The molecule has 6 aromatic rings. The van der Waals surface area contributed by atoms with Gasteiger partial charge in [0.15, 0.2) is 5.82 Å². The summed E-state index contributed by atoms with van der Waals surface area (Å²) in [4.78, 5) is 21.3. The van der Waals surface area contributed by atoms with Crippen LogP contribution in [0.15, 0.2) is 79.5 Å². The molecule has 0 aliphatic carbocycles. The van der Waals surface area contributed by atoms with Crippen LogP contribution in [-0.4, -0.2) is 35.1 Å². The van der Waals surface area contributed by atoms with Gasteiger partial charge in [-0.1, -0.05) is 18.2 Å². The largest absolute Gasteiger partial charge is 0.337 e. The van der Waals surface area contributed by atoms with Crippen molar-refractivity contribution in [2.24, 2.45) is 0 Å². The van der Waals surface area contributed by atoms with Crippen molar-refractivity contribution >= 4 is 21.9 Å². The van der Waals surface area contributed by atoms with Crippen LogP contribution < -0.4 is 0 Å². The number of pyridine rings is 3. The van der Waals surface area contributed by atoms with Gasteiger partial charge in [-0.05, 0) is 30.3 Å². The highest BCUT2D eigenvalue weighted by atomic mass is 15.1. The molecule has 0 aliphatic heterocycles. The van der Waals surface area contributed by atoms with Crippen molar-refractivity contribution in [1.29, 1.82) is 0 Å². The molecule has 142 valence electrons. The van der Waals surface area contributed by atoms with E-state index in [9.17, 15) is 0 Å². The van der Waals surface area contributed by atoms with Crippen LogP contribution in [0.5, 0.6) is 0 Å². The fourth-order valence-corrected chi connectivity index (χ4v) is 3.67. The number of nitrogens with one attached hydrogen (secondary N) is 2. The molecule has 0 saturated carbocycles. The first kappa shape index (κ1) is 16.6. The molecule has 0 spiro atoms. The van der Waals surface area contributed by atoms with Crippen molar-refractivity contribution < 1.29 is 0 Å². The third-order valence-corrected chi connectivity index (χ3v) is 5.11. The quantitative estimate of drug-likeness (QED) is 0.460. The van der Waals surface area contributed by atoms with Gasteiger partial charge in [0.1, 0.15) is 5.69 Å². The number of hydrogen-bond donors (Lipinski definition) is 2. The van der Waals surface area contributed by atoms with Crippen molar-refractivity contribution in [1.82, 2.24) is 35.1 Å². The van der Waals surface area contributed by atoms with Crippen LogP contribution in [0.2, 0.25) is 0 Å². The van der Waals surface area contributed by atoms with Gasteiger partial charge >= 0.3 is 0 Å². The normalized spacial score (nSPS) is 11.3. The Balaban J connectivity index is 1.52. The van der Waals surface area contributed by atoms with Crippen LogP contribution in [0.1, 0.15) is 0 Å². The Morgan fingerprint density at radius 3 is 2.40 bits per heavy atom. The lowest BCUT2D eigenvalue weighted by atomic mass is 10.1. The molecule has 5 heterocycles. The molecule has 0 fully saturated rings. The van der Waals surface area contributed by atoms with Gasteiger partial charge in [-0.15, -0.1) is 0 Å². The highest BCUT2D eigenvalue weighted by Gasteiger charge is 2.16. The summed E-state index contributed by atoms with van der Waals surface area (Å²) in [6.07, 6.45) is 8.95. The Bertz CT molecular complexity index is 1480. The average molecular weight is 389 g/mol. The molecule has 7 heteroatoms. The Morgan fingerprint density at radius 2 is 1.60 bits per heavy atom. The standard InChI is InChI=1S/C23H15N7/c1-6-16(14-4-2-8-24-11-14)21-18(7-1)27-23(28-21)22-17-10-19(15-5-3-9-25-12-15)26-13-20(17)29-30-22/h1-13H,(H,27,28)(H,29,30). The zero-order valence-corrected chi connectivity index (χ0v) is 15.7. The van der Waals surface area contributed by atoms with E-state index < -0.39 is 0 Å². The van der Waals surface area contributed by atoms with E-state index >= 15 is 0 Å². The lowest BCUT2D eigenvalue weighted by Gasteiger charge is -2.01. The maximum atomic E-state index is 4.89. The summed E-state index contributed by atoms with van der Waals surface area (Å²) >= 11 is 0. The van der Waals surface area contributed by atoms with E-state index in [1.807, 2.05) is 48.7 Å². The van der Waals surface area contributed by atoms with Crippen LogP contribution >= 0.6 is 0 Å². The minimum atomic E-state index is 0.705. The number of imidazole rings is 1. The van der Waals surface area contributed by atoms with Crippen LogP contribution in [0, 0.1) is 0 Å². The van der Waals surface area contributed by atoms with Crippen molar-refractivity contribution in [3.63, 3.8) is 0 Å². The van der Waals surface area contributed by atoms with Gasteiger partial charge in [-0.2, -0.15) is 5.10 Å². The number of hydrogen-bond acceptors (Lipinski definition) is 5. The fraction of sp³-hybridized carbons (Fsp3) is 0. The first-order valence-electron chi connectivity index (χ1n) is 9.51. The first-order valence-corrected chi connectivity index (χ1v) is 9.51. The maximum Gasteiger partial charge on any atom is 0.159 e. The average Bonchev–Trinajstić information content (AvgIpc) is 3.43. The summed E-state index contributed by atoms with van der Waals surface area (Å²) in [5.41, 5.74) is 7.29. The first-order chi connectivity index (χ1) is 14.9. The number of aromatic nitrogens is 7. The Labute approximate surface area is 170 Å². The zero-order chi connectivity index (χ0) is 19.9. The SMILES string of the molecule is c1cncc(-c2cc3c(-c4nc5c(-c6cccnc6)cccc5[nH]4)n[nH]c3cn2)c1. The molecular formula is C23H15N7. The highest BCUT2D eigenvalue weighted by molar-refractivity contribution is 5.97. The number of fused-ring (bicyclic) bond motifs is 2. The molecule has 0 bridgehead atoms. The van der Waals surface area contributed by atoms with Crippen molar-refractivity contribution in [2.75, 3.05) is 0 Å². The number of H-pyrrole nitrogens is 2. The van der Waals surface area contributed by atoms with Crippen LogP contribution in [0.3, 0.4) is 0 Å². The maximum absolute atomic E-state index is 4.89. The summed E-state index contributed by atoms with van der Waals surface area (Å²) in [7, 11) is 0. The van der Waals surface area contributed by atoms with Crippen molar-refractivity contribution in [3.05, 3.63) is 79.5 Å². The summed E-state index contributed by atoms with van der Waals surface area (Å²) in [6, 6.07) is 15.9. The lowest BCUT2D eigenvalue weighted by Crippen LogP contribution is -1.85. The molecule has 7 nitrogen and oxygen atoms in total. The minimum absolute atomic E-state index is 0.705. The molecule has 0 saturated heterocycles. The smallest absolute Gasteiger partial charge is 0.159 e. The van der Waals surface area contributed by atoms with E-state index in [2.05, 4.69) is 36.2 Å². The Morgan fingerprint density at radius 1 is 0.767 bits per heavy atom. The third-order valence-electron chi connectivity index (χ3n) is 5.11. The monoisotopic (exact) mass is 389 g/mol. The van der Waals surface area contributed by atoms with E-state index in [1.165, 1.54) is 0 Å². The number of aromatic amines is 2. The molecular weight excluding hydrogens is 374 g/mol. The summed E-state index contributed by atoms with van der Waals surface area (Å²) in [6.45, 7) is 0. The number of benzene rings is 1. The molecule has 0 amide bonds. The lowest BCUT2D eigenvalue weighted by molar-refractivity contribution is 1.10. The number of rotatable bonds is 3. The van der Waals surface area contributed by atoms with Gasteiger partial charge in [0.25, 0.3) is 0 Å². The third kappa shape index (κ3) is 2.64. The summed E-state index contributed by atoms with van der Waals surface area (Å²) < 4.78 is 0. The van der Waals surface area contributed by atoms with E-state index in [-0.39, 0.29) is 0 Å². The molecule has 1 aromatic carbocycles. The Kier molecular flexibility index (Phi) is 3.64. The van der Waals surface area contributed by atoms with Gasteiger partial charge in [-0.25, -0.2) is 4.98 Å². The molecule has 6 rings (SSSR count). The predicted octanol–water partition coefficient (Wildman–Crippen LogP) is 4.63. The predicted molar refractivity (Wildman–Crippen MR) is 115 cm³/mol. The summed E-state index contributed by atoms with van der Waals surface area (Å²) in [5, 5.41) is 8.52. The van der Waals surface area contributed by atoms with Gasteiger partial charge in [0, 0.05) is 46.9 Å². The van der Waals surface area contributed by atoms with E-state index in [0.717, 1.165) is 50.0 Å². The number of nitrogens with zero attached hydrogens (tertiary/aromatic N) is 5. The van der Waals surface area contributed by atoms with Crippen LogP contribution in [-0.2, 0) is 0 Å². The second kappa shape index (κ2) is 6.59. The van der Waals surface area contributed by atoms with Crippen molar-refractivity contribution in [3.8, 4) is 33.9 Å². The highest BCUT2D eigenvalue weighted by Crippen LogP contribution is 2.32. The number of para-hydroxylation sites is 1. The Hall–Kier alpha value is -4.39. The second-order valence-electron chi connectivity index (χ2n) is 6.96. The summed E-state index contributed by atoms with van der Waals surface area (Å²) in [5.74, 6) is 0.705. The molecule has 5 aromatic heterocycles. The van der Waals surface area contributed by atoms with E-state index in [0.29, 0.717) is 5.82 Å². The van der Waals surface area contributed by atoms with Crippen LogP contribution in [0.25, 0.3) is 55.8 Å². The van der Waals surface area contributed by atoms with E-state index in [1.54, 1.807) is 24.8 Å². The molecule has 0 radical (unpaired) electrons.